The molecule has 7 nitrogen and oxygen atoms in total. The summed E-state index contributed by atoms with van der Waals surface area (Å²) in [6.45, 7) is 1.92. The van der Waals surface area contributed by atoms with Gasteiger partial charge < -0.3 is 0 Å². The van der Waals surface area contributed by atoms with E-state index in [0.717, 1.165) is 17.5 Å². The molecule has 0 aliphatic heterocycles. The number of rotatable bonds is 5. The van der Waals surface area contributed by atoms with E-state index in [1.807, 2.05) is 19.1 Å². The standard InChI is InChI=1S/C17H18N4O3S/c1-3-5-16(22)19-17-18-15-9-8-13(11-21(15)20-17)12-6-4-7-14(10-12)25(2,23)24/h4,6-11H,3,5H2,1-2H3,(H,19,20,22). The van der Waals surface area contributed by atoms with Gasteiger partial charge in [-0.3, -0.25) is 10.1 Å². The highest BCUT2D eigenvalue weighted by molar-refractivity contribution is 7.90. The summed E-state index contributed by atoms with van der Waals surface area (Å²) in [7, 11) is -3.27. The van der Waals surface area contributed by atoms with E-state index in [1.165, 1.54) is 6.26 Å². The molecule has 25 heavy (non-hydrogen) atoms. The molecular formula is C17H18N4O3S. The number of sulfone groups is 1. The average Bonchev–Trinajstić information content (AvgIpc) is 2.95. The number of carbonyl (C=O) groups excluding carboxylic acids is 1. The Labute approximate surface area is 145 Å². The summed E-state index contributed by atoms with van der Waals surface area (Å²) < 4.78 is 25.0. The Morgan fingerprint density at radius 1 is 1.20 bits per heavy atom. The highest BCUT2D eigenvalue weighted by atomic mass is 32.2. The molecule has 0 saturated carbocycles. The summed E-state index contributed by atoms with van der Waals surface area (Å²) in [5.41, 5.74) is 2.15. The van der Waals surface area contributed by atoms with Gasteiger partial charge in [0.1, 0.15) is 0 Å². The van der Waals surface area contributed by atoms with Crippen molar-refractivity contribution in [1.29, 1.82) is 0 Å². The lowest BCUT2D eigenvalue weighted by atomic mass is 10.1. The zero-order valence-electron chi connectivity index (χ0n) is 13.9. The summed E-state index contributed by atoms with van der Waals surface area (Å²) in [5, 5.41) is 6.91. The highest BCUT2D eigenvalue weighted by Gasteiger charge is 2.11. The third-order valence-electron chi connectivity index (χ3n) is 3.65. The minimum absolute atomic E-state index is 0.125. The third kappa shape index (κ3) is 3.85. The van der Waals surface area contributed by atoms with Crippen LogP contribution in [0.3, 0.4) is 0 Å². The van der Waals surface area contributed by atoms with Crippen LogP contribution in [0.25, 0.3) is 16.8 Å². The lowest BCUT2D eigenvalue weighted by Crippen LogP contribution is -2.11. The molecule has 1 N–H and O–H groups in total. The minimum atomic E-state index is -3.27. The normalized spacial score (nSPS) is 11.6. The van der Waals surface area contributed by atoms with Crippen molar-refractivity contribution in [2.75, 3.05) is 11.6 Å². The van der Waals surface area contributed by atoms with Crippen LogP contribution in [0.2, 0.25) is 0 Å². The first-order valence-electron chi connectivity index (χ1n) is 7.83. The van der Waals surface area contributed by atoms with Crippen LogP contribution in [-0.2, 0) is 14.6 Å². The van der Waals surface area contributed by atoms with Crippen LogP contribution in [-0.4, -0.2) is 35.2 Å². The van der Waals surface area contributed by atoms with Gasteiger partial charge in [0.05, 0.1) is 4.90 Å². The molecule has 2 heterocycles. The molecule has 1 aromatic carbocycles. The molecule has 0 spiro atoms. The predicted molar refractivity (Wildman–Crippen MR) is 95.1 cm³/mol. The molecule has 0 radical (unpaired) electrons. The quantitative estimate of drug-likeness (QED) is 0.756. The molecule has 8 heteroatoms. The average molecular weight is 358 g/mol. The van der Waals surface area contributed by atoms with E-state index in [9.17, 15) is 13.2 Å². The Kier molecular flexibility index (Phi) is 4.54. The Balaban J connectivity index is 1.95. The molecule has 3 aromatic rings. The van der Waals surface area contributed by atoms with Crippen LogP contribution in [0.4, 0.5) is 5.95 Å². The van der Waals surface area contributed by atoms with Crippen molar-refractivity contribution < 1.29 is 13.2 Å². The third-order valence-corrected chi connectivity index (χ3v) is 4.77. The van der Waals surface area contributed by atoms with Gasteiger partial charge in [-0.25, -0.2) is 12.9 Å². The van der Waals surface area contributed by atoms with E-state index in [-0.39, 0.29) is 16.8 Å². The van der Waals surface area contributed by atoms with Crippen LogP contribution >= 0.6 is 0 Å². The summed E-state index contributed by atoms with van der Waals surface area (Å²) in [6.07, 6.45) is 4.09. The zero-order chi connectivity index (χ0) is 18.0. The number of hydrogen-bond donors (Lipinski definition) is 1. The van der Waals surface area contributed by atoms with Crippen LogP contribution in [0.15, 0.2) is 47.5 Å². The summed E-state index contributed by atoms with van der Waals surface area (Å²) in [5.74, 6) is 0.125. The number of fused-ring (bicyclic) bond motifs is 1. The van der Waals surface area contributed by atoms with Gasteiger partial charge in [0.15, 0.2) is 15.5 Å². The van der Waals surface area contributed by atoms with Crippen molar-refractivity contribution in [2.24, 2.45) is 0 Å². The number of pyridine rings is 1. The Hall–Kier alpha value is -2.74. The summed E-state index contributed by atoms with van der Waals surface area (Å²) >= 11 is 0. The number of hydrogen-bond acceptors (Lipinski definition) is 5. The fourth-order valence-electron chi connectivity index (χ4n) is 2.43. The molecule has 0 bridgehead atoms. The van der Waals surface area contributed by atoms with E-state index >= 15 is 0 Å². The van der Waals surface area contributed by atoms with Gasteiger partial charge in [0.25, 0.3) is 0 Å². The van der Waals surface area contributed by atoms with Gasteiger partial charge in [-0.15, -0.1) is 5.10 Å². The first kappa shape index (κ1) is 17.1. The maximum absolute atomic E-state index is 11.7. The smallest absolute Gasteiger partial charge is 0.249 e. The van der Waals surface area contributed by atoms with E-state index in [1.54, 1.807) is 35.0 Å². The van der Waals surface area contributed by atoms with E-state index in [0.29, 0.717) is 12.1 Å². The number of benzene rings is 1. The van der Waals surface area contributed by atoms with Crippen LogP contribution in [0.5, 0.6) is 0 Å². The summed E-state index contributed by atoms with van der Waals surface area (Å²) in [4.78, 5) is 16.2. The highest BCUT2D eigenvalue weighted by Crippen LogP contribution is 2.23. The number of anilines is 1. The molecule has 130 valence electrons. The second-order valence-electron chi connectivity index (χ2n) is 5.75. The number of amides is 1. The van der Waals surface area contributed by atoms with Crippen molar-refractivity contribution in [3.05, 3.63) is 42.6 Å². The Bertz CT molecular complexity index is 1040. The second kappa shape index (κ2) is 6.64. The fourth-order valence-corrected chi connectivity index (χ4v) is 3.09. The molecule has 0 atom stereocenters. The van der Waals surface area contributed by atoms with E-state index in [4.69, 9.17) is 0 Å². The molecule has 0 fully saturated rings. The van der Waals surface area contributed by atoms with Crippen molar-refractivity contribution in [3.8, 4) is 11.1 Å². The van der Waals surface area contributed by atoms with Gasteiger partial charge >= 0.3 is 0 Å². The maximum atomic E-state index is 11.7. The molecule has 0 saturated heterocycles. The molecule has 0 aliphatic carbocycles. The van der Waals surface area contributed by atoms with Gasteiger partial charge in [-0.05, 0) is 36.2 Å². The van der Waals surface area contributed by atoms with Crippen LogP contribution < -0.4 is 5.32 Å². The fraction of sp³-hybridized carbons (Fsp3) is 0.235. The lowest BCUT2D eigenvalue weighted by molar-refractivity contribution is -0.116. The molecule has 0 unspecified atom stereocenters. The topological polar surface area (TPSA) is 93.4 Å². The van der Waals surface area contributed by atoms with Crippen molar-refractivity contribution >= 4 is 27.3 Å². The monoisotopic (exact) mass is 358 g/mol. The van der Waals surface area contributed by atoms with Crippen molar-refractivity contribution in [1.82, 2.24) is 14.6 Å². The zero-order valence-corrected chi connectivity index (χ0v) is 14.7. The number of nitrogens with zero attached hydrogens (tertiary/aromatic N) is 3. The number of carbonyl (C=O) groups is 1. The van der Waals surface area contributed by atoms with E-state index in [2.05, 4.69) is 15.4 Å². The minimum Gasteiger partial charge on any atom is -0.293 e. The number of nitrogens with one attached hydrogen (secondary N) is 1. The van der Waals surface area contributed by atoms with Crippen molar-refractivity contribution in [3.63, 3.8) is 0 Å². The molecule has 2 aromatic heterocycles. The Morgan fingerprint density at radius 3 is 2.72 bits per heavy atom. The summed E-state index contributed by atoms with van der Waals surface area (Å²) in [6, 6.07) is 10.3. The molecular weight excluding hydrogens is 340 g/mol. The lowest BCUT2D eigenvalue weighted by Gasteiger charge is -2.04. The maximum Gasteiger partial charge on any atom is 0.249 e. The first-order chi connectivity index (χ1) is 11.9. The van der Waals surface area contributed by atoms with E-state index < -0.39 is 9.84 Å². The molecule has 0 aliphatic rings. The first-order valence-corrected chi connectivity index (χ1v) is 9.73. The van der Waals surface area contributed by atoms with Crippen molar-refractivity contribution in [2.45, 2.75) is 24.7 Å². The van der Waals surface area contributed by atoms with Gasteiger partial charge in [-0.1, -0.05) is 19.1 Å². The van der Waals surface area contributed by atoms with Gasteiger partial charge in [0.2, 0.25) is 11.9 Å². The largest absolute Gasteiger partial charge is 0.293 e. The molecule has 3 rings (SSSR count). The Morgan fingerprint density at radius 2 is 2.00 bits per heavy atom. The van der Waals surface area contributed by atoms with Crippen LogP contribution in [0, 0.1) is 0 Å². The SMILES string of the molecule is CCCC(=O)Nc1nc2ccc(-c3cccc(S(C)(=O)=O)c3)cn2n1. The van der Waals surface area contributed by atoms with Gasteiger partial charge in [0, 0.05) is 24.4 Å². The molecule has 1 amide bonds. The number of aromatic nitrogens is 3. The predicted octanol–water partition coefficient (Wildman–Crippen LogP) is 2.54. The van der Waals surface area contributed by atoms with Gasteiger partial charge in [-0.2, -0.15) is 4.98 Å². The van der Waals surface area contributed by atoms with Crippen LogP contribution in [0.1, 0.15) is 19.8 Å². The second-order valence-corrected chi connectivity index (χ2v) is 7.77.